The van der Waals surface area contributed by atoms with Crippen molar-refractivity contribution < 1.29 is 9.53 Å². The van der Waals surface area contributed by atoms with Crippen molar-refractivity contribution in [1.82, 2.24) is 0 Å². The van der Waals surface area contributed by atoms with E-state index in [0.29, 0.717) is 0 Å². The number of rotatable bonds is 2. The molecule has 1 rings (SSSR count). The number of halogens is 1. The molecule has 0 aliphatic rings. The van der Waals surface area contributed by atoms with Crippen LogP contribution in [0, 0.1) is 0 Å². The molecule has 0 aliphatic carbocycles. The molecule has 70 valence electrons. The summed E-state index contributed by atoms with van der Waals surface area (Å²) in [5.41, 5.74) is 0.999. The molecule has 0 fully saturated rings. The maximum Gasteiger partial charge on any atom is 0.303 e. The zero-order valence-electron chi connectivity index (χ0n) is 7.58. The first-order valence-corrected chi connectivity index (χ1v) is 4.81. The van der Waals surface area contributed by atoms with E-state index in [-0.39, 0.29) is 12.1 Å². The monoisotopic (exact) mass is 242 g/mol. The fraction of sp³-hybridized carbons (Fsp3) is 0.300. The molecule has 0 aromatic heterocycles. The minimum Gasteiger partial charge on any atom is -0.458 e. The lowest BCUT2D eigenvalue weighted by Gasteiger charge is -2.11. The van der Waals surface area contributed by atoms with Crippen LogP contribution in [-0.4, -0.2) is 5.97 Å². The third kappa shape index (κ3) is 3.19. The summed E-state index contributed by atoms with van der Waals surface area (Å²) in [5.74, 6) is -0.254. The summed E-state index contributed by atoms with van der Waals surface area (Å²) in [6, 6.07) is 7.71. The van der Waals surface area contributed by atoms with E-state index in [1.165, 1.54) is 6.92 Å². The molecular weight excluding hydrogens is 232 g/mol. The second-order valence-electron chi connectivity index (χ2n) is 2.80. The van der Waals surface area contributed by atoms with Gasteiger partial charge in [0.15, 0.2) is 0 Å². The summed E-state index contributed by atoms with van der Waals surface area (Å²) in [7, 11) is 0. The summed E-state index contributed by atoms with van der Waals surface area (Å²) < 4.78 is 6.04. The average Bonchev–Trinajstić information content (AvgIpc) is 2.04. The van der Waals surface area contributed by atoms with Crippen molar-refractivity contribution in [1.29, 1.82) is 0 Å². The van der Waals surface area contributed by atoms with E-state index < -0.39 is 0 Å². The van der Waals surface area contributed by atoms with E-state index in [9.17, 15) is 4.79 Å². The highest BCUT2D eigenvalue weighted by Gasteiger charge is 2.07. The Morgan fingerprint density at radius 2 is 1.92 bits per heavy atom. The summed E-state index contributed by atoms with van der Waals surface area (Å²) in [6.45, 7) is 3.26. The molecule has 3 heteroatoms. The number of esters is 1. The summed E-state index contributed by atoms with van der Waals surface area (Å²) >= 11 is 3.34. The molecule has 0 aliphatic heterocycles. The van der Waals surface area contributed by atoms with Crippen LogP contribution in [-0.2, 0) is 9.53 Å². The average molecular weight is 243 g/mol. The third-order valence-corrected chi connectivity index (χ3v) is 2.21. The Bertz CT molecular complexity index is 292. The predicted molar refractivity (Wildman–Crippen MR) is 54.3 cm³/mol. The van der Waals surface area contributed by atoms with E-state index in [4.69, 9.17) is 4.74 Å². The van der Waals surface area contributed by atoms with Crippen LogP contribution in [0.3, 0.4) is 0 Å². The first kappa shape index (κ1) is 10.3. The quantitative estimate of drug-likeness (QED) is 0.746. The SMILES string of the molecule is CC(=O)OC(C)c1ccc(Br)cc1. The van der Waals surface area contributed by atoms with Crippen molar-refractivity contribution in [2.24, 2.45) is 0 Å². The van der Waals surface area contributed by atoms with Gasteiger partial charge >= 0.3 is 5.97 Å². The zero-order chi connectivity index (χ0) is 9.84. The highest BCUT2D eigenvalue weighted by molar-refractivity contribution is 9.10. The largest absolute Gasteiger partial charge is 0.458 e. The van der Waals surface area contributed by atoms with Crippen molar-refractivity contribution in [3.05, 3.63) is 34.3 Å². The van der Waals surface area contributed by atoms with E-state index in [1.54, 1.807) is 0 Å². The molecule has 0 N–H and O–H groups in total. The molecule has 0 bridgehead atoms. The Morgan fingerprint density at radius 3 is 2.38 bits per heavy atom. The van der Waals surface area contributed by atoms with Gasteiger partial charge in [0, 0.05) is 11.4 Å². The fourth-order valence-electron chi connectivity index (χ4n) is 1.05. The Morgan fingerprint density at radius 1 is 1.38 bits per heavy atom. The maximum atomic E-state index is 10.7. The van der Waals surface area contributed by atoms with E-state index in [2.05, 4.69) is 15.9 Å². The minimum absolute atomic E-state index is 0.175. The van der Waals surface area contributed by atoms with Gasteiger partial charge in [-0.25, -0.2) is 0 Å². The van der Waals surface area contributed by atoms with Gasteiger partial charge in [-0.05, 0) is 24.6 Å². The van der Waals surface area contributed by atoms with Gasteiger partial charge in [-0.15, -0.1) is 0 Å². The van der Waals surface area contributed by atoms with Crippen molar-refractivity contribution in [3.63, 3.8) is 0 Å². The Balaban J connectivity index is 2.71. The van der Waals surface area contributed by atoms with Crippen molar-refractivity contribution in [3.8, 4) is 0 Å². The normalized spacial score (nSPS) is 12.2. The van der Waals surface area contributed by atoms with E-state index in [1.807, 2.05) is 31.2 Å². The maximum absolute atomic E-state index is 10.7. The predicted octanol–water partition coefficient (Wildman–Crippen LogP) is 3.07. The van der Waals surface area contributed by atoms with Crippen molar-refractivity contribution >= 4 is 21.9 Å². The number of carbonyl (C=O) groups excluding carboxylic acids is 1. The molecular formula is C10H11BrO2. The topological polar surface area (TPSA) is 26.3 Å². The standard InChI is InChI=1S/C10H11BrO2/c1-7(13-8(2)12)9-3-5-10(11)6-4-9/h3-7H,1-2H3. The van der Waals surface area contributed by atoms with Gasteiger partial charge < -0.3 is 4.74 Å². The molecule has 13 heavy (non-hydrogen) atoms. The van der Waals surface area contributed by atoms with Gasteiger partial charge in [-0.2, -0.15) is 0 Å². The van der Waals surface area contributed by atoms with Crippen LogP contribution in [0.2, 0.25) is 0 Å². The van der Waals surface area contributed by atoms with Crippen LogP contribution in [0.4, 0.5) is 0 Å². The van der Waals surface area contributed by atoms with Gasteiger partial charge in [0.05, 0.1) is 0 Å². The zero-order valence-corrected chi connectivity index (χ0v) is 9.17. The van der Waals surface area contributed by atoms with Crippen LogP contribution >= 0.6 is 15.9 Å². The van der Waals surface area contributed by atoms with Crippen LogP contribution < -0.4 is 0 Å². The Hall–Kier alpha value is -0.830. The number of hydrogen-bond acceptors (Lipinski definition) is 2. The van der Waals surface area contributed by atoms with Gasteiger partial charge in [0.1, 0.15) is 6.10 Å². The smallest absolute Gasteiger partial charge is 0.303 e. The molecule has 1 aromatic carbocycles. The summed E-state index contributed by atoms with van der Waals surface area (Å²) in [6.07, 6.45) is -0.175. The van der Waals surface area contributed by atoms with Gasteiger partial charge in [0.25, 0.3) is 0 Å². The van der Waals surface area contributed by atoms with E-state index >= 15 is 0 Å². The molecule has 2 nitrogen and oxygen atoms in total. The highest BCUT2D eigenvalue weighted by atomic mass is 79.9. The van der Waals surface area contributed by atoms with Crippen molar-refractivity contribution in [2.75, 3.05) is 0 Å². The number of carbonyl (C=O) groups is 1. The minimum atomic E-state index is -0.254. The summed E-state index contributed by atoms with van der Waals surface area (Å²) in [5, 5.41) is 0. The fourth-order valence-corrected chi connectivity index (χ4v) is 1.32. The molecule has 0 saturated carbocycles. The van der Waals surface area contributed by atoms with Crippen LogP contribution in [0.15, 0.2) is 28.7 Å². The van der Waals surface area contributed by atoms with Gasteiger partial charge in [0.2, 0.25) is 0 Å². The second-order valence-corrected chi connectivity index (χ2v) is 3.72. The Kier molecular flexibility index (Phi) is 3.48. The molecule has 0 heterocycles. The lowest BCUT2D eigenvalue weighted by atomic mass is 10.1. The van der Waals surface area contributed by atoms with Crippen LogP contribution in [0.1, 0.15) is 25.5 Å². The third-order valence-electron chi connectivity index (χ3n) is 1.68. The van der Waals surface area contributed by atoms with Crippen LogP contribution in [0.25, 0.3) is 0 Å². The molecule has 0 amide bonds. The molecule has 1 aromatic rings. The molecule has 1 unspecified atom stereocenters. The summed E-state index contributed by atoms with van der Waals surface area (Å²) in [4.78, 5) is 10.7. The number of ether oxygens (including phenoxy) is 1. The van der Waals surface area contributed by atoms with E-state index in [0.717, 1.165) is 10.0 Å². The molecule has 1 atom stereocenters. The van der Waals surface area contributed by atoms with Gasteiger partial charge in [-0.1, -0.05) is 28.1 Å². The van der Waals surface area contributed by atoms with Crippen LogP contribution in [0.5, 0.6) is 0 Å². The van der Waals surface area contributed by atoms with Crippen molar-refractivity contribution in [2.45, 2.75) is 20.0 Å². The first-order valence-electron chi connectivity index (χ1n) is 4.02. The highest BCUT2D eigenvalue weighted by Crippen LogP contribution is 2.19. The lowest BCUT2D eigenvalue weighted by Crippen LogP contribution is -2.04. The molecule has 0 spiro atoms. The first-order chi connectivity index (χ1) is 6.09. The molecule has 0 saturated heterocycles. The number of benzene rings is 1. The number of hydrogen-bond donors (Lipinski definition) is 0. The Labute approximate surface area is 86.0 Å². The molecule has 0 radical (unpaired) electrons. The second kappa shape index (κ2) is 4.42. The lowest BCUT2D eigenvalue weighted by molar-refractivity contribution is -0.145. The van der Waals surface area contributed by atoms with Gasteiger partial charge in [-0.3, -0.25) is 4.79 Å².